The predicted octanol–water partition coefficient (Wildman–Crippen LogP) is 1.82. The van der Waals surface area contributed by atoms with Crippen molar-refractivity contribution in [3.05, 3.63) is 59.7 Å². The lowest BCUT2D eigenvalue weighted by molar-refractivity contribution is 0.0934. The number of ether oxygens (including phenoxy) is 1. The van der Waals surface area contributed by atoms with Crippen LogP contribution in [-0.4, -0.2) is 62.1 Å². The van der Waals surface area contributed by atoms with Crippen molar-refractivity contribution in [3.63, 3.8) is 0 Å². The predicted molar refractivity (Wildman–Crippen MR) is 108 cm³/mol. The van der Waals surface area contributed by atoms with E-state index >= 15 is 0 Å². The summed E-state index contributed by atoms with van der Waals surface area (Å²) in [5.41, 5.74) is 8.59. The minimum absolute atomic E-state index is 0.0436. The lowest BCUT2D eigenvalue weighted by Gasteiger charge is -2.34. The van der Waals surface area contributed by atoms with Crippen LogP contribution < -0.4 is 15.8 Å². The standard InChI is InChI=1S/C21H28N4O2/c1-27-20-7-5-18(6-8-20)21(26)23-9-10-24-11-13-25(14-12-24)16-17-3-2-4-19(22)15-17/h2-8,15H,9-14,16,22H2,1H3,(H,23,26). The summed E-state index contributed by atoms with van der Waals surface area (Å²) in [5, 5.41) is 2.99. The Morgan fingerprint density at radius 1 is 1.07 bits per heavy atom. The van der Waals surface area contributed by atoms with Crippen LogP contribution in [0.3, 0.4) is 0 Å². The fraction of sp³-hybridized carbons (Fsp3) is 0.381. The zero-order chi connectivity index (χ0) is 19.1. The molecule has 0 atom stereocenters. The maximum absolute atomic E-state index is 12.2. The van der Waals surface area contributed by atoms with E-state index in [0.29, 0.717) is 12.1 Å². The average Bonchev–Trinajstić information content (AvgIpc) is 2.69. The van der Waals surface area contributed by atoms with Gasteiger partial charge in [-0.05, 0) is 42.0 Å². The number of methoxy groups -OCH3 is 1. The molecule has 6 heteroatoms. The molecule has 1 heterocycles. The van der Waals surface area contributed by atoms with E-state index in [9.17, 15) is 4.79 Å². The van der Waals surface area contributed by atoms with E-state index in [4.69, 9.17) is 10.5 Å². The molecule has 0 bridgehead atoms. The summed E-state index contributed by atoms with van der Waals surface area (Å²) in [5.74, 6) is 0.709. The van der Waals surface area contributed by atoms with E-state index in [1.54, 1.807) is 31.4 Å². The van der Waals surface area contributed by atoms with Gasteiger partial charge in [-0.25, -0.2) is 0 Å². The number of hydrogen-bond donors (Lipinski definition) is 2. The first-order valence-electron chi connectivity index (χ1n) is 9.35. The summed E-state index contributed by atoms with van der Waals surface area (Å²) >= 11 is 0. The van der Waals surface area contributed by atoms with Crippen LogP contribution in [0.5, 0.6) is 5.75 Å². The third-order valence-electron chi connectivity index (χ3n) is 4.89. The van der Waals surface area contributed by atoms with Crippen molar-refractivity contribution in [2.24, 2.45) is 0 Å². The van der Waals surface area contributed by atoms with Gasteiger partial charge in [0.2, 0.25) is 0 Å². The minimum Gasteiger partial charge on any atom is -0.497 e. The second-order valence-corrected chi connectivity index (χ2v) is 6.85. The van der Waals surface area contributed by atoms with Crippen molar-refractivity contribution in [2.45, 2.75) is 6.54 Å². The molecule has 27 heavy (non-hydrogen) atoms. The Hall–Kier alpha value is -2.57. The summed E-state index contributed by atoms with van der Waals surface area (Å²) in [4.78, 5) is 17.0. The highest BCUT2D eigenvalue weighted by Crippen LogP contribution is 2.12. The lowest BCUT2D eigenvalue weighted by atomic mass is 10.2. The molecule has 1 saturated heterocycles. The number of piperazine rings is 1. The van der Waals surface area contributed by atoms with E-state index in [1.807, 2.05) is 18.2 Å². The second-order valence-electron chi connectivity index (χ2n) is 6.85. The van der Waals surface area contributed by atoms with E-state index < -0.39 is 0 Å². The molecule has 2 aromatic rings. The number of carbonyl (C=O) groups excluding carboxylic acids is 1. The van der Waals surface area contributed by atoms with Gasteiger partial charge in [0.15, 0.2) is 0 Å². The number of hydrogen-bond acceptors (Lipinski definition) is 5. The molecule has 0 aliphatic carbocycles. The topological polar surface area (TPSA) is 70.8 Å². The number of nitrogens with zero attached hydrogens (tertiary/aromatic N) is 2. The van der Waals surface area contributed by atoms with Gasteiger partial charge < -0.3 is 15.8 Å². The number of nitrogens with one attached hydrogen (secondary N) is 1. The zero-order valence-electron chi connectivity index (χ0n) is 15.9. The summed E-state index contributed by atoms with van der Waals surface area (Å²) in [6, 6.07) is 15.3. The Balaban J connectivity index is 1.36. The molecule has 3 rings (SSSR count). The minimum atomic E-state index is -0.0436. The summed E-state index contributed by atoms with van der Waals surface area (Å²) < 4.78 is 5.11. The molecular formula is C21H28N4O2. The highest BCUT2D eigenvalue weighted by molar-refractivity contribution is 5.94. The van der Waals surface area contributed by atoms with Gasteiger partial charge in [-0.3, -0.25) is 14.6 Å². The molecule has 1 aliphatic rings. The van der Waals surface area contributed by atoms with Crippen molar-refractivity contribution in [2.75, 3.05) is 52.1 Å². The molecule has 1 aliphatic heterocycles. The molecule has 6 nitrogen and oxygen atoms in total. The largest absolute Gasteiger partial charge is 0.497 e. The van der Waals surface area contributed by atoms with Gasteiger partial charge >= 0.3 is 0 Å². The monoisotopic (exact) mass is 368 g/mol. The number of rotatable bonds is 7. The van der Waals surface area contributed by atoms with Crippen LogP contribution in [0.25, 0.3) is 0 Å². The molecule has 0 unspecified atom stereocenters. The van der Waals surface area contributed by atoms with Gasteiger partial charge in [0.25, 0.3) is 5.91 Å². The van der Waals surface area contributed by atoms with Crippen LogP contribution in [0.4, 0.5) is 5.69 Å². The lowest BCUT2D eigenvalue weighted by Crippen LogP contribution is -2.48. The van der Waals surface area contributed by atoms with E-state index in [1.165, 1.54) is 5.56 Å². The fourth-order valence-corrected chi connectivity index (χ4v) is 3.29. The third-order valence-corrected chi connectivity index (χ3v) is 4.89. The zero-order valence-corrected chi connectivity index (χ0v) is 15.9. The summed E-state index contributed by atoms with van der Waals surface area (Å²) in [7, 11) is 1.62. The molecule has 1 fully saturated rings. The molecule has 0 radical (unpaired) electrons. The molecule has 144 valence electrons. The Bertz CT molecular complexity index is 740. The molecule has 1 amide bonds. The quantitative estimate of drug-likeness (QED) is 0.730. The molecular weight excluding hydrogens is 340 g/mol. The van der Waals surface area contributed by atoms with Crippen LogP contribution in [0.2, 0.25) is 0 Å². The first-order chi connectivity index (χ1) is 13.1. The van der Waals surface area contributed by atoms with Gasteiger partial charge in [0.1, 0.15) is 5.75 Å². The van der Waals surface area contributed by atoms with Gasteiger partial charge in [0.05, 0.1) is 7.11 Å². The molecule has 0 spiro atoms. The third kappa shape index (κ3) is 5.70. The van der Waals surface area contributed by atoms with Crippen LogP contribution in [0, 0.1) is 0 Å². The van der Waals surface area contributed by atoms with Crippen molar-refractivity contribution in [3.8, 4) is 5.75 Å². The number of nitrogens with two attached hydrogens (primary N) is 1. The van der Waals surface area contributed by atoms with Crippen molar-refractivity contribution >= 4 is 11.6 Å². The summed E-state index contributed by atoms with van der Waals surface area (Å²) in [6.45, 7) is 6.55. The van der Waals surface area contributed by atoms with E-state index in [-0.39, 0.29) is 5.91 Å². The molecule has 0 saturated carbocycles. The normalized spacial score (nSPS) is 15.4. The van der Waals surface area contributed by atoms with Crippen molar-refractivity contribution < 1.29 is 9.53 Å². The Kier molecular flexibility index (Phi) is 6.68. The summed E-state index contributed by atoms with van der Waals surface area (Å²) in [6.07, 6.45) is 0. The van der Waals surface area contributed by atoms with Crippen LogP contribution in [0.15, 0.2) is 48.5 Å². The first-order valence-corrected chi connectivity index (χ1v) is 9.35. The fourth-order valence-electron chi connectivity index (χ4n) is 3.29. The highest BCUT2D eigenvalue weighted by atomic mass is 16.5. The van der Waals surface area contributed by atoms with Gasteiger partial charge in [-0.15, -0.1) is 0 Å². The first kappa shape index (κ1) is 19.2. The average molecular weight is 368 g/mol. The van der Waals surface area contributed by atoms with Crippen LogP contribution in [-0.2, 0) is 6.54 Å². The van der Waals surface area contributed by atoms with Gasteiger partial charge in [-0.1, -0.05) is 12.1 Å². The maximum atomic E-state index is 12.2. The Morgan fingerprint density at radius 2 is 1.78 bits per heavy atom. The van der Waals surface area contributed by atoms with E-state index in [2.05, 4.69) is 21.2 Å². The van der Waals surface area contributed by atoms with E-state index in [0.717, 1.165) is 50.7 Å². The van der Waals surface area contributed by atoms with Crippen LogP contribution >= 0.6 is 0 Å². The number of carbonyl (C=O) groups is 1. The molecule has 0 aromatic heterocycles. The Morgan fingerprint density at radius 3 is 2.44 bits per heavy atom. The number of anilines is 1. The molecule has 2 aromatic carbocycles. The van der Waals surface area contributed by atoms with Gasteiger partial charge in [0, 0.05) is 57.1 Å². The van der Waals surface area contributed by atoms with Crippen LogP contribution in [0.1, 0.15) is 15.9 Å². The number of benzene rings is 2. The highest BCUT2D eigenvalue weighted by Gasteiger charge is 2.17. The SMILES string of the molecule is COc1ccc(C(=O)NCCN2CCN(Cc3cccc(N)c3)CC2)cc1. The maximum Gasteiger partial charge on any atom is 0.251 e. The number of amides is 1. The molecule has 3 N–H and O–H groups in total. The second kappa shape index (κ2) is 9.39. The number of nitrogen functional groups attached to an aromatic ring is 1. The smallest absolute Gasteiger partial charge is 0.251 e. The van der Waals surface area contributed by atoms with Gasteiger partial charge in [-0.2, -0.15) is 0 Å². The van der Waals surface area contributed by atoms with Crippen molar-refractivity contribution in [1.82, 2.24) is 15.1 Å². The Labute approximate surface area is 160 Å². The van der Waals surface area contributed by atoms with Crippen molar-refractivity contribution in [1.29, 1.82) is 0 Å².